The molecule has 0 saturated heterocycles. The number of hydrogen-bond acceptors (Lipinski definition) is 9. The highest BCUT2D eigenvalue weighted by Crippen LogP contribution is 2.49. The van der Waals surface area contributed by atoms with Crippen LogP contribution in [0.5, 0.6) is 0 Å². The van der Waals surface area contributed by atoms with E-state index < -0.39 is 8.80 Å². The van der Waals surface area contributed by atoms with Gasteiger partial charge in [0.25, 0.3) is 0 Å². The minimum Gasteiger partial charge on any atom is -0.373 e. The van der Waals surface area contributed by atoms with Crippen LogP contribution >= 0.6 is 52.6 Å². The molecule has 1 aromatic carbocycles. The highest BCUT2D eigenvalue weighted by molar-refractivity contribution is 9.26. The molecule has 0 fully saturated rings. The molecule has 0 amide bonds. The molecule has 0 aliphatic rings. The molecule has 0 aliphatic heterocycles. The Labute approximate surface area is 195 Å². The number of hydrogen-bond donors (Lipinski definition) is 0. The molecule has 1 atom stereocenters. The summed E-state index contributed by atoms with van der Waals surface area (Å²) in [7, 11) is 4.46. The van der Waals surface area contributed by atoms with Crippen molar-refractivity contribution in [2.24, 2.45) is 0 Å². The minimum absolute atomic E-state index is 0.262. The largest absolute Gasteiger partial charge is 0.504 e. The summed E-state index contributed by atoms with van der Waals surface area (Å²) >= 11 is 1.75. The van der Waals surface area contributed by atoms with Crippen molar-refractivity contribution in [1.29, 1.82) is 0 Å². The zero-order valence-electron chi connectivity index (χ0n) is 17.5. The van der Waals surface area contributed by atoms with Gasteiger partial charge in [0.2, 0.25) is 0 Å². The number of rotatable bonds is 16. The van der Waals surface area contributed by atoms with E-state index in [4.69, 9.17) is 13.3 Å². The quantitative estimate of drug-likeness (QED) is 0.128. The Kier molecular flexibility index (Phi) is 13.0. The average Bonchev–Trinajstić information content (AvgIpc) is 3.16. The van der Waals surface area contributed by atoms with Crippen LogP contribution in [0.4, 0.5) is 0 Å². The van der Waals surface area contributed by atoms with Crippen molar-refractivity contribution in [1.82, 2.24) is 4.98 Å². The maximum absolute atomic E-state index is 6.26. The molecule has 0 N–H and O–H groups in total. The number of nitrogens with zero attached hydrogens (tertiary/aromatic N) is 1. The minimum atomic E-state index is -2.67. The van der Waals surface area contributed by atoms with Gasteiger partial charge in [0, 0.05) is 31.1 Å². The van der Waals surface area contributed by atoms with Crippen molar-refractivity contribution >= 4 is 71.6 Å². The number of thiazole rings is 1. The molecule has 0 radical (unpaired) electrons. The second-order valence-corrected chi connectivity index (χ2v) is 16.7. The first-order valence-corrected chi connectivity index (χ1v) is 17.7. The summed E-state index contributed by atoms with van der Waals surface area (Å²) in [4.78, 5) is 4.67. The lowest BCUT2D eigenvalue weighted by molar-refractivity contribution is 0.0529. The molecule has 0 saturated carbocycles. The van der Waals surface area contributed by atoms with Gasteiger partial charge in [-0.1, -0.05) is 50.6 Å². The van der Waals surface area contributed by atoms with E-state index in [1.54, 1.807) is 41.8 Å². The van der Waals surface area contributed by atoms with Crippen LogP contribution in [0.25, 0.3) is 10.2 Å². The SMILES string of the molecule is CCCO[Si](OCCC)(OCCC)C(C)CSSSSc1nc2ccccc2s1. The Morgan fingerprint density at radius 3 is 2.17 bits per heavy atom. The van der Waals surface area contributed by atoms with E-state index in [1.807, 2.05) is 16.9 Å². The van der Waals surface area contributed by atoms with Gasteiger partial charge in [-0.05, 0) is 61.8 Å². The van der Waals surface area contributed by atoms with Gasteiger partial charge in [-0.25, -0.2) is 4.98 Å². The van der Waals surface area contributed by atoms with E-state index >= 15 is 0 Å². The highest BCUT2D eigenvalue weighted by atomic mass is 33.7. The number of para-hydroxylation sites is 1. The van der Waals surface area contributed by atoms with E-state index in [-0.39, 0.29) is 5.54 Å². The Bertz CT molecular complexity index is 651. The second kappa shape index (κ2) is 14.6. The first-order valence-electron chi connectivity index (χ1n) is 10.0. The third-order valence-electron chi connectivity index (χ3n) is 3.90. The standard InChI is InChI=1S/C19H31NO3S5Si/c1-5-12-21-29(22-13-6-2,23-14-7-3)16(4)15-24-27-28-26-19-20-17-10-8-9-11-18(17)25-19/h8-11,16H,5-7,12-15H2,1-4H3. The number of fused-ring (bicyclic) bond motifs is 1. The van der Waals surface area contributed by atoms with Crippen molar-refractivity contribution in [2.75, 3.05) is 25.6 Å². The van der Waals surface area contributed by atoms with Crippen molar-refractivity contribution < 1.29 is 13.3 Å². The fourth-order valence-corrected chi connectivity index (χ4v) is 13.8. The van der Waals surface area contributed by atoms with Gasteiger partial charge in [-0.3, -0.25) is 0 Å². The summed E-state index contributed by atoms with van der Waals surface area (Å²) < 4.78 is 21.1. The van der Waals surface area contributed by atoms with Crippen LogP contribution < -0.4 is 0 Å². The van der Waals surface area contributed by atoms with Crippen molar-refractivity contribution in [3.05, 3.63) is 24.3 Å². The van der Waals surface area contributed by atoms with E-state index in [9.17, 15) is 0 Å². The molecule has 164 valence electrons. The van der Waals surface area contributed by atoms with Gasteiger partial charge >= 0.3 is 8.80 Å². The molecule has 2 aromatic rings. The van der Waals surface area contributed by atoms with E-state index in [1.165, 1.54) is 4.70 Å². The third-order valence-corrected chi connectivity index (χ3v) is 15.2. The highest BCUT2D eigenvalue weighted by Gasteiger charge is 2.47. The zero-order valence-corrected chi connectivity index (χ0v) is 22.6. The van der Waals surface area contributed by atoms with Gasteiger partial charge in [0.1, 0.15) is 0 Å². The molecule has 4 nitrogen and oxygen atoms in total. The Balaban J connectivity index is 1.82. The molecule has 2 rings (SSSR count). The van der Waals surface area contributed by atoms with Crippen LogP contribution in [-0.4, -0.2) is 39.4 Å². The van der Waals surface area contributed by atoms with Gasteiger partial charge < -0.3 is 13.3 Å². The third kappa shape index (κ3) is 8.57. The summed E-state index contributed by atoms with van der Waals surface area (Å²) in [5.41, 5.74) is 1.34. The first-order chi connectivity index (χ1) is 14.1. The maximum atomic E-state index is 6.26. The van der Waals surface area contributed by atoms with E-state index in [2.05, 4.69) is 50.9 Å². The smallest absolute Gasteiger partial charge is 0.373 e. The number of aromatic nitrogens is 1. The van der Waals surface area contributed by atoms with Crippen molar-refractivity contribution in [3.8, 4) is 0 Å². The summed E-state index contributed by atoms with van der Waals surface area (Å²) in [6.45, 7) is 10.7. The van der Waals surface area contributed by atoms with Gasteiger partial charge in [0.05, 0.1) is 10.2 Å². The molecular formula is C19H31NO3S5Si. The monoisotopic (exact) mass is 509 g/mol. The lowest BCUT2D eigenvalue weighted by atomic mass is 10.3. The lowest BCUT2D eigenvalue weighted by Gasteiger charge is -2.34. The topological polar surface area (TPSA) is 40.6 Å². The van der Waals surface area contributed by atoms with Gasteiger partial charge in [-0.2, -0.15) is 0 Å². The van der Waals surface area contributed by atoms with Crippen LogP contribution in [0.2, 0.25) is 5.54 Å². The summed E-state index contributed by atoms with van der Waals surface area (Å²) in [6.07, 6.45) is 2.93. The second-order valence-electron chi connectivity index (χ2n) is 6.50. The van der Waals surface area contributed by atoms with Crippen LogP contribution in [0.15, 0.2) is 28.6 Å². The van der Waals surface area contributed by atoms with Crippen molar-refractivity contribution in [2.45, 2.75) is 56.8 Å². The molecule has 0 bridgehead atoms. The molecule has 10 heteroatoms. The van der Waals surface area contributed by atoms with Gasteiger partial charge in [0.15, 0.2) is 4.34 Å². The molecule has 1 heterocycles. The number of benzene rings is 1. The fraction of sp³-hybridized carbons (Fsp3) is 0.632. The Morgan fingerprint density at radius 2 is 1.59 bits per heavy atom. The average molecular weight is 510 g/mol. The van der Waals surface area contributed by atoms with Crippen LogP contribution in [-0.2, 0) is 13.3 Å². The molecular weight excluding hydrogens is 479 g/mol. The molecule has 0 spiro atoms. The Hall–Kier alpha value is 0.607. The summed E-state index contributed by atoms with van der Waals surface area (Å²) in [6, 6.07) is 8.29. The lowest BCUT2D eigenvalue weighted by Crippen LogP contribution is -2.50. The van der Waals surface area contributed by atoms with Gasteiger partial charge in [-0.15, -0.1) is 11.3 Å². The fourth-order valence-electron chi connectivity index (χ4n) is 2.47. The molecule has 1 aromatic heterocycles. The summed E-state index contributed by atoms with van der Waals surface area (Å²) in [5.74, 6) is 0.946. The first kappa shape index (κ1) is 25.9. The predicted octanol–water partition coefficient (Wildman–Crippen LogP) is 7.94. The molecule has 1 unspecified atom stereocenters. The van der Waals surface area contributed by atoms with Crippen LogP contribution in [0.3, 0.4) is 0 Å². The van der Waals surface area contributed by atoms with Crippen LogP contribution in [0.1, 0.15) is 47.0 Å². The Morgan fingerprint density at radius 1 is 0.966 bits per heavy atom. The normalized spacial score (nSPS) is 13.2. The maximum Gasteiger partial charge on any atom is 0.504 e. The zero-order chi connectivity index (χ0) is 21.0. The van der Waals surface area contributed by atoms with Crippen molar-refractivity contribution in [3.63, 3.8) is 0 Å². The molecule has 0 aliphatic carbocycles. The van der Waals surface area contributed by atoms with Crippen LogP contribution in [0, 0.1) is 0 Å². The van der Waals surface area contributed by atoms with E-state index in [0.717, 1.165) is 34.9 Å². The van der Waals surface area contributed by atoms with E-state index in [0.29, 0.717) is 19.8 Å². The predicted molar refractivity (Wildman–Crippen MR) is 137 cm³/mol. The molecule has 29 heavy (non-hydrogen) atoms. The summed E-state index contributed by atoms with van der Waals surface area (Å²) in [5, 5.41) is 0.